The standard InChI is InChI=1S/C23H22N2O5S/c1-4-10-30-18-9-8-16(12-19(18)29-3)13-20-22(27)25(23(28)31-20)14-21(26)24-17-7-5-6-15(2)11-17/h4-9,11-13H,1,10,14H2,2-3H3,(H,24,26)/b20-13-. The molecule has 1 aliphatic rings. The van der Waals surface area contributed by atoms with Crippen LogP contribution in [0.15, 0.2) is 60.0 Å². The lowest BCUT2D eigenvalue weighted by Gasteiger charge is -2.12. The quantitative estimate of drug-likeness (QED) is 0.490. The number of amides is 3. The van der Waals surface area contributed by atoms with Gasteiger partial charge in [0.25, 0.3) is 11.1 Å². The Kier molecular flexibility index (Phi) is 7.15. The van der Waals surface area contributed by atoms with Gasteiger partial charge in [-0.15, -0.1) is 0 Å². The number of methoxy groups -OCH3 is 1. The largest absolute Gasteiger partial charge is 0.493 e. The fraction of sp³-hybridized carbons (Fsp3) is 0.174. The van der Waals surface area contributed by atoms with Crippen molar-refractivity contribution in [1.29, 1.82) is 0 Å². The number of carbonyl (C=O) groups is 3. The minimum absolute atomic E-state index is 0.232. The highest BCUT2D eigenvalue weighted by atomic mass is 32.2. The summed E-state index contributed by atoms with van der Waals surface area (Å²) in [5, 5.41) is 2.21. The van der Waals surface area contributed by atoms with Gasteiger partial charge in [-0.05, 0) is 60.2 Å². The van der Waals surface area contributed by atoms with E-state index in [0.717, 1.165) is 22.2 Å². The average Bonchev–Trinajstić information content (AvgIpc) is 3.00. The Bertz CT molecular complexity index is 1060. The maximum atomic E-state index is 12.7. The molecule has 1 aliphatic heterocycles. The zero-order valence-corrected chi connectivity index (χ0v) is 18.0. The van der Waals surface area contributed by atoms with Crippen LogP contribution in [-0.2, 0) is 9.59 Å². The third kappa shape index (κ3) is 5.55. The van der Waals surface area contributed by atoms with Crippen molar-refractivity contribution in [2.45, 2.75) is 6.92 Å². The van der Waals surface area contributed by atoms with Gasteiger partial charge in [-0.2, -0.15) is 0 Å². The lowest BCUT2D eigenvalue weighted by molar-refractivity contribution is -0.127. The summed E-state index contributed by atoms with van der Waals surface area (Å²) in [5.74, 6) is 0.0766. The van der Waals surface area contributed by atoms with Crippen LogP contribution in [0.2, 0.25) is 0 Å². The Labute approximate surface area is 184 Å². The topological polar surface area (TPSA) is 84.9 Å². The molecule has 0 saturated carbocycles. The number of anilines is 1. The van der Waals surface area contributed by atoms with Crippen molar-refractivity contribution >= 4 is 40.6 Å². The highest BCUT2D eigenvalue weighted by Gasteiger charge is 2.36. The van der Waals surface area contributed by atoms with Crippen LogP contribution >= 0.6 is 11.8 Å². The SMILES string of the molecule is C=CCOc1ccc(/C=C2\SC(=O)N(CC(=O)Nc3cccc(C)c3)C2=O)cc1OC. The summed E-state index contributed by atoms with van der Waals surface area (Å²) in [5.41, 5.74) is 2.26. The van der Waals surface area contributed by atoms with Crippen molar-refractivity contribution in [2.75, 3.05) is 25.6 Å². The van der Waals surface area contributed by atoms with E-state index in [4.69, 9.17) is 9.47 Å². The van der Waals surface area contributed by atoms with Gasteiger partial charge in [-0.3, -0.25) is 19.3 Å². The molecule has 1 N–H and O–H groups in total. The van der Waals surface area contributed by atoms with E-state index in [1.807, 2.05) is 19.1 Å². The molecule has 0 aromatic heterocycles. The van der Waals surface area contributed by atoms with E-state index >= 15 is 0 Å². The van der Waals surface area contributed by atoms with Crippen molar-refractivity contribution in [3.63, 3.8) is 0 Å². The molecule has 0 spiro atoms. The summed E-state index contributed by atoms with van der Waals surface area (Å²) in [6, 6.07) is 12.4. The molecule has 3 rings (SSSR count). The first-order valence-electron chi connectivity index (χ1n) is 9.45. The highest BCUT2D eigenvalue weighted by molar-refractivity contribution is 8.18. The first-order chi connectivity index (χ1) is 14.9. The lowest BCUT2D eigenvalue weighted by atomic mass is 10.2. The Morgan fingerprint density at radius 1 is 1.19 bits per heavy atom. The number of nitrogens with zero attached hydrogens (tertiary/aromatic N) is 1. The third-order valence-corrected chi connectivity index (χ3v) is 5.23. The van der Waals surface area contributed by atoms with Crippen LogP contribution in [0.1, 0.15) is 11.1 Å². The summed E-state index contributed by atoms with van der Waals surface area (Å²) in [6.07, 6.45) is 3.21. The van der Waals surface area contributed by atoms with Crippen LogP contribution in [0.25, 0.3) is 6.08 Å². The number of hydrogen-bond donors (Lipinski definition) is 1. The highest BCUT2D eigenvalue weighted by Crippen LogP contribution is 2.34. The number of thioether (sulfide) groups is 1. The van der Waals surface area contributed by atoms with Crippen LogP contribution < -0.4 is 14.8 Å². The maximum Gasteiger partial charge on any atom is 0.294 e. The molecular weight excluding hydrogens is 416 g/mol. The summed E-state index contributed by atoms with van der Waals surface area (Å²) in [6.45, 7) is 5.49. The predicted molar refractivity (Wildman–Crippen MR) is 121 cm³/mol. The van der Waals surface area contributed by atoms with Gasteiger partial charge in [0.2, 0.25) is 5.91 Å². The number of hydrogen-bond acceptors (Lipinski definition) is 6. The molecule has 0 bridgehead atoms. The van der Waals surface area contributed by atoms with Gasteiger partial charge in [0.15, 0.2) is 11.5 Å². The minimum Gasteiger partial charge on any atom is -0.493 e. The van der Waals surface area contributed by atoms with E-state index in [2.05, 4.69) is 11.9 Å². The second kappa shape index (κ2) is 9.99. The van der Waals surface area contributed by atoms with E-state index in [1.54, 1.807) is 42.5 Å². The Morgan fingerprint density at radius 3 is 2.71 bits per heavy atom. The Morgan fingerprint density at radius 2 is 2.00 bits per heavy atom. The van der Waals surface area contributed by atoms with Gasteiger partial charge in [0.1, 0.15) is 13.2 Å². The number of ether oxygens (including phenoxy) is 2. The molecule has 2 aromatic carbocycles. The van der Waals surface area contributed by atoms with Gasteiger partial charge in [-0.1, -0.05) is 30.9 Å². The Balaban J connectivity index is 1.71. The molecule has 160 valence electrons. The van der Waals surface area contributed by atoms with Crippen LogP contribution in [-0.4, -0.2) is 42.2 Å². The summed E-state index contributed by atoms with van der Waals surface area (Å²) < 4.78 is 10.8. The fourth-order valence-corrected chi connectivity index (χ4v) is 3.73. The van der Waals surface area contributed by atoms with Crippen molar-refractivity contribution in [3.05, 3.63) is 71.2 Å². The van der Waals surface area contributed by atoms with E-state index in [1.165, 1.54) is 7.11 Å². The normalized spacial score (nSPS) is 14.6. The smallest absolute Gasteiger partial charge is 0.294 e. The molecule has 0 radical (unpaired) electrons. The molecule has 3 amide bonds. The molecular formula is C23H22N2O5S. The summed E-state index contributed by atoms with van der Waals surface area (Å²) in [4.78, 5) is 38.5. The minimum atomic E-state index is -0.514. The molecule has 0 aliphatic carbocycles. The second-order valence-electron chi connectivity index (χ2n) is 6.70. The van der Waals surface area contributed by atoms with E-state index < -0.39 is 17.1 Å². The number of benzene rings is 2. The first kappa shape index (κ1) is 22.2. The number of imide groups is 1. The van der Waals surface area contributed by atoms with Gasteiger partial charge >= 0.3 is 0 Å². The molecule has 0 atom stereocenters. The van der Waals surface area contributed by atoms with Crippen molar-refractivity contribution in [2.24, 2.45) is 0 Å². The fourth-order valence-electron chi connectivity index (χ4n) is 2.90. The van der Waals surface area contributed by atoms with Crippen LogP contribution in [0.4, 0.5) is 10.5 Å². The van der Waals surface area contributed by atoms with Gasteiger partial charge in [0.05, 0.1) is 12.0 Å². The molecule has 1 heterocycles. The van der Waals surface area contributed by atoms with Crippen LogP contribution in [0.3, 0.4) is 0 Å². The number of nitrogens with one attached hydrogen (secondary N) is 1. The number of rotatable bonds is 8. The monoisotopic (exact) mass is 438 g/mol. The van der Waals surface area contributed by atoms with Gasteiger partial charge < -0.3 is 14.8 Å². The van der Waals surface area contributed by atoms with E-state index in [0.29, 0.717) is 29.4 Å². The maximum absolute atomic E-state index is 12.7. The van der Waals surface area contributed by atoms with Crippen molar-refractivity contribution < 1.29 is 23.9 Å². The van der Waals surface area contributed by atoms with Crippen LogP contribution in [0.5, 0.6) is 11.5 Å². The zero-order valence-electron chi connectivity index (χ0n) is 17.2. The number of aryl methyl sites for hydroxylation is 1. The average molecular weight is 439 g/mol. The third-order valence-electron chi connectivity index (χ3n) is 4.32. The van der Waals surface area contributed by atoms with Crippen molar-refractivity contribution in [3.8, 4) is 11.5 Å². The van der Waals surface area contributed by atoms with E-state index in [-0.39, 0.29) is 11.4 Å². The van der Waals surface area contributed by atoms with Gasteiger partial charge in [-0.25, -0.2) is 0 Å². The summed E-state index contributed by atoms with van der Waals surface area (Å²) in [7, 11) is 1.51. The number of carbonyl (C=O) groups excluding carboxylic acids is 3. The lowest BCUT2D eigenvalue weighted by Crippen LogP contribution is -2.36. The molecule has 31 heavy (non-hydrogen) atoms. The Hall–Kier alpha value is -3.52. The predicted octanol–water partition coefficient (Wildman–Crippen LogP) is 4.24. The molecule has 8 heteroatoms. The summed E-state index contributed by atoms with van der Waals surface area (Å²) >= 11 is 0.792. The van der Waals surface area contributed by atoms with Gasteiger partial charge in [0, 0.05) is 5.69 Å². The van der Waals surface area contributed by atoms with Crippen LogP contribution in [0, 0.1) is 6.92 Å². The molecule has 7 nitrogen and oxygen atoms in total. The molecule has 0 unspecified atom stereocenters. The zero-order chi connectivity index (χ0) is 22.4. The van der Waals surface area contributed by atoms with E-state index in [9.17, 15) is 14.4 Å². The molecule has 2 aromatic rings. The second-order valence-corrected chi connectivity index (χ2v) is 7.69. The first-order valence-corrected chi connectivity index (χ1v) is 10.3. The molecule has 1 fully saturated rings. The molecule has 1 saturated heterocycles. The van der Waals surface area contributed by atoms with Crippen molar-refractivity contribution in [1.82, 2.24) is 4.90 Å².